The van der Waals surface area contributed by atoms with Crippen LogP contribution in [-0.4, -0.2) is 16.4 Å². The normalized spacial score (nSPS) is 12.1. The number of benzene rings is 1. The molecule has 1 aromatic carbocycles. The van der Waals surface area contributed by atoms with Gasteiger partial charge in [-0.05, 0) is 24.3 Å². The molecule has 0 radical (unpaired) electrons. The predicted molar refractivity (Wildman–Crippen MR) is 74.3 cm³/mol. The van der Waals surface area contributed by atoms with Crippen molar-refractivity contribution < 1.29 is 9.00 Å². The van der Waals surface area contributed by atoms with Gasteiger partial charge in [0.25, 0.3) is 5.91 Å². The van der Waals surface area contributed by atoms with Gasteiger partial charge in [0, 0.05) is 16.7 Å². The van der Waals surface area contributed by atoms with Gasteiger partial charge in [0.05, 0.1) is 21.6 Å². The summed E-state index contributed by atoms with van der Waals surface area (Å²) in [4.78, 5) is 12.8. The molecule has 5 heteroatoms. The Kier molecular flexibility index (Phi) is 4.28. The van der Waals surface area contributed by atoms with Crippen LogP contribution in [-0.2, 0) is 17.3 Å². The number of hydrogen-bond acceptors (Lipinski definition) is 3. The maximum Gasteiger partial charge on any atom is 0.251 e. The number of amides is 1. The quantitative estimate of drug-likeness (QED) is 0.934. The summed E-state index contributed by atoms with van der Waals surface area (Å²) >= 11 is 1.46. The zero-order valence-electron chi connectivity index (χ0n) is 9.88. The van der Waals surface area contributed by atoms with Crippen LogP contribution < -0.4 is 5.32 Å². The molecule has 0 aliphatic rings. The molecule has 1 heterocycles. The van der Waals surface area contributed by atoms with Gasteiger partial charge >= 0.3 is 0 Å². The van der Waals surface area contributed by atoms with Crippen LogP contribution in [0.1, 0.15) is 15.2 Å². The molecule has 18 heavy (non-hydrogen) atoms. The van der Waals surface area contributed by atoms with Gasteiger partial charge in [0.2, 0.25) is 0 Å². The standard InChI is InChI=1S/C13H13NO2S2/c1-18(16)12-8-7-11(17-12)9-14-13(15)10-5-3-2-4-6-10/h2-8H,9H2,1H3,(H,14,15). The summed E-state index contributed by atoms with van der Waals surface area (Å²) in [7, 11) is -0.953. The van der Waals surface area contributed by atoms with Gasteiger partial charge in [-0.1, -0.05) is 18.2 Å². The lowest BCUT2D eigenvalue weighted by Gasteiger charge is -2.02. The highest BCUT2D eigenvalue weighted by Gasteiger charge is 2.06. The number of thiophene rings is 1. The molecule has 1 N–H and O–H groups in total. The second-order valence-electron chi connectivity index (χ2n) is 3.72. The molecule has 2 aromatic rings. The van der Waals surface area contributed by atoms with Crippen LogP contribution in [0.4, 0.5) is 0 Å². The molecular formula is C13H13NO2S2. The maximum atomic E-state index is 11.8. The fourth-order valence-electron chi connectivity index (χ4n) is 1.47. The van der Waals surface area contributed by atoms with Crippen molar-refractivity contribution in [1.82, 2.24) is 5.32 Å². The molecule has 1 amide bonds. The first-order chi connectivity index (χ1) is 8.66. The van der Waals surface area contributed by atoms with Crippen molar-refractivity contribution in [3.05, 3.63) is 52.9 Å². The molecule has 0 aliphatic heterocycles. The third-order valence-electron chi connectivity index (χ3n) is 2.38. The second kappa shape index (κ2) is 5.93. The summed E-state index contributed by atoms with van der Waals surface area (Å²) in [6.07, 6.45) is 1.65. The Bertz CT molecular complexity index is 563. The zero-order valence-corrected chi connectivity index (χ0v) is 11.5. The molecule has 2 rings (SSSR count). The highest BCUT2D eigenvalue weighted by molar-refractivity contribution is 7.86. The third kappa shape index (κ3) is 3.27. The summed E-state index contributed by atoms with van der Waals surface area (Å²) in [5.74, 6) is -0.0943. The van der Waals surface area contributed by atoms with E-state index in [0.717, 1.165) is 9.09 Å². The van der Waals surface area contributed by atoms with E-state index in [9.17, 15) is 9.00 Å². The minimum atomic E-state index is -0.953. The van der Waals surface area contributed by atoms with Crippen molar-refractivity contribution in [2.75, 3.05) is 6.26 Å². The lowest BCUT2D eigenvalue weighted by Crippen LogP contribution is -2.22. The van der Waals surface area contributed by atoms with Gasteiger partial charge in [-0.15, -0.1) is 11.3 Å². The average Bonchev–Trinajstić information content (AvgIpc) is 2.86. The van der Waals surface area contributed by atoms with E-state index in [1.165, 1.54) is 11.3 Å². The molecule has 0 saturated heterocycles. The van der Waals surface area contributed by atoms with Crippen LogP contribution in [0.25, 0.3) is 0 Å². The van der Waals surface area contributed by atoms with Gasteiger partial charge in [-0.25, -0.2) is 0 Å². The van der Waals surface area contributed by atoms with Crippen LogP contribution in [0.15, 0.2) is 46.7 Å². The topological polar surface area (TPSA) is 46.2 Å². The van der Waals surface area contributed by atoms with Crippen molar-refractivity contribution in [2.45, 2.75) is 10.8 Å². The van der Waals surface area contributed by atoms with Crippen LogP contribution in [0.2, 0.25) is 0 Å². The number of hydrogen-bond donors (Lipinski definition) is 1. The van der Waals surface area contributed by atoms with Gasteiger partial charge in [-0.2, -0.15) is 0 Å². The first kappa shape index (κ1) is 13.0. The summed E-state index contributed by atoms with van der Waals surface area (Å²) in [5.41, 5.74) is 0.647. The van der Waals surface area contributed by atoms with Gasteiger partial charge in [-0.3, -0.25) is 9.00 Å². The van der Waals surface area contributed by atoms with E-state index in [-0.39, 0.29) is 5.91 Å². The van der Waals surface area contributed by atoms with Crippen molar-refractivity contribution in [1.29, 1.82) is 0 Å². The predicted octanol–water partition coefficient (Wildman–Crippen LogP) is 2.42. The molecule has 94 valence electrons. The SMILES string of the molecule is CS(=O)c1ccc(CNC(=O)c2ccccc2)s1. The van der Waals surface area contributed by atoms with Gasteiger partial charge in [0.15, 0.2) is 0 Å². The van der Waals surface area contributed by atoms with Crippen molar-refractivity contribution in [3.8, 4) is 0 Å². The summed E-state index contributed by atoms with van der Waals surface area (Å²) in [5, 5.41) is 2.84. The largest absolute Gasteiger partial charge is 0.347 e. The molecular weight excluding hydrogens is 266 g/mol. The Morgan fingerprint density at radius 2 is 1.94 bits per heavy atom. The van der Waals surface area contributed by atoms with E-state index < -0.39 is 10.8 Å². The van der Waals surface area contributed by atoms with Crippen LogP contribution >= 0.6 is 11.3 Å². The molecule has 0 aliphatic carbocycles. The van der Waals surface area contributed by atoms with Crippen LogP contribution in [0.5, 0.6) is 0 Å². The Labute approximate surface area is 112 Å². The molecule has 0 spiro atoms. The van der Waals surface area contributed by atoms with E-state index in [4.69, 9.17) is 0 Å². The van der Waals surface area contributed by atoms with Gasteiger partial charge < -0.3 is 5.32 Å². The minimum Gasteiger partial charge on any atom is -0.347 e. The Hall–Kier alpha value is -1.46. The number of carbonyl (C=O) groups excluding carboxylic acids is 1. The van der Waals surface area contributed by atoms with Crippen molar-refractivity contribution >= 4 is 28.0 Å². The Balaban J connectivity index is 1.95. The Morgan fingerprint density at radius 3 is 2.56 bits per heavy atom. The molecule has 1 atom stereocenters. The maximum absolute atomic E-state index is 11.8. The first-order valence-electron chi connectivity index (χ1n) is 5.42. The lowest BCUT2D eigenvalue weighted by molar-refractivity contribution is 0.0951. The van der Waals surface area contributed by atoms with E-state index >= 15 is 0 Å². The summed E-state index contributed by atoms with van der Waals surface area (Å²) < 4.78 is 12.1. The molecule has 1 aromatic heterocycles. The molecule has 0 bridgehead atoms. The molecule has 0 saturated carbocycles. The van der Waals surface area contributed by atoms with Crippen LogP contribution in [0.3, 0.4) is 0 Å². The number of rotatable bonds is 4. The summed E-state index contributed by atoms with van der Waals surface area (Å²) in [6.45, 7) is 0.468. The molecule has 3 nitrogen and oxygen atoms in total. The molecule has 1 unspecified atom stereocenters. The fourth-order valence-corrected chi connectivity index (χ4v) is 3.19. The fraction of sp³-hybridized carbons (Fsp3) is 0.154. The average molecular weight is 279 g/mol. The van der Waals surface area contributed by atoms with Crippen molar-refractivity contribution in [2.24, 2.45) is 0 Å². The minimum absolute atomic E-state index is 0.0943. The smallest absolute Gasteiger partial charge is 0.251 e. The highest BCUT2D eigenvalue weighted by atomic mass is 32.2. The van der Waals surface area contributed by atoms with Crippen LogP contribution in [0, 0.1) is 0 Å². The van der Waals surface area contributed by atoms with E-state index in [1.807, 2.05) is 30.3 Å². The monoisotopic (exact) mass is 279 g/mol. The third-order valence-corrected chi connectivity index (χ3v) is 4.92. The molecule has 0 fully saturated rings. The first-order valence-corrected chi connectivity index (χ1v) is 7.79. The summed E-state index contributed by atoms with van der Waals surface area (Å²) in [6, 6.07) is 12.8. The Morgan fingerprint density at radius 1 is 1.22 bits per heavy atom. The van der Waals surface area contributed by atoms with E-state index in [1.54, 1.807) is 18.4 Å². The van der Waals surface area contributed by atoms with E-state index in [2.05, 4.69) is 5.32 Å². The van der Waals surface area contributed by atoms with Gasteiger partial charge in [0.1, 0.15) is 0 Å². The van der Waals surface area contributed by atoms with Crippen molar-refractivity contribution in [3.63, 3.8) is 0 Å². The van der Waals surface area contributed by atoms with E-state index in [0.29, 0.717) is 12.1 Å². The number of nitrogens with one attached hydrogen (secondary N) is 1. The highest BCUT2D eigenvalue weighted by Crippen LogP contribution is 2.19. The lowest BCUT2D eigenvalue weighted by atomic mass is 10.2. The second-order valence-corrected chi connectivity index (χ2v) is 6.50. The number of carbonyl (C=O) groups is 1. The zero-order chi connectivity index (χ0) is 13.0.